The molecule has 3 rings (SSSR count). The quantitative estimate of drug-likeness (QED) is 0.817. The Morgan fingerprint density at radius 1 is 1.33 bits per heavy atom. The molecule has 4 nitrogen and oxygen atoms in total. The summed E-state index contributed by atoms with van der Waals surface area (Å²) < 4.78 is 0. The molecule has 0 aliphatic carbocycles. The first-order valence-corrected chi connectivity index (χ1v) is 8.31. The average molecular weight is 289 g/mol. The molecule has 2 aliphatic heterocycles. The van der Waals surface area contributed by atoms with E-state index in [1.165, 1.54) is 24.0 Å². The van der Waals surface area contributed by atoms with Gasteiger partial charge < -0.3 is 15.3 Å². The first kappa shape index (κ1) is 14.8. The monoisotopic (exact) mass is 289 g/mol. The third-order valence-electron chi connectivity index (χ3n) is 4.82. The molecule has 0 spiro atoms. The van der Waals surface area contributed by atoms with E-state index in [0.717, 1.165) is 38.2 Å². The molecular formula is C17H27N3O. The number of anilines is 1. The molecule has 2 unspecified atom stereocenters. The number of aliphatic hydroxyl groups excluding tert-OH is 1. The molecule has 0 amide bonds. The highest BCUT2D eigenvalue weighted by Gasteiger charge is 2.41. The van der Waals surface area contributed by atoms with E-state index >= 15 is 0 Å². The van der Waals surface area contributed by atoms with Crippen LogP contribution < -0.4 is 10.2 Å². The fraction of sp³-hybridized carbons (Fsp3) is 0.706. The van der Waals surface area contributed by atoms with Crippen LogP contribution in [0.1, 0.15) is 50.2 Å². The topological polar surface area (TPSA) is 48.4 Å². The molecule has 2 saturated heterocycles. The summed E-state index contributed by atoms with van der Waals surface area (Å²) in [6.07, 6.45) is 7.25. The van der Waals surface area contributed by atoms with Crippen molar-refractivity contribution in [1.82, 2.24) is 10.3 Å². The van der Waals surface area contributed by atoms with E-state index in [1.807, 2.05) is 6.20 Å². The van der Waals surface area contributed by atoms with Crippen molar-refractivity contribution in [2.75, 3.05) is 11.4 Å². The van der Waals surface area contributed by atoms with Gasteiger partial charge in [-0.2, -0.15) is 0 Å². The van der Waals surface area contributed by atoms with Gasteiger partial charge in [-0.15, -0.1) is 0 Å². The number of nitrogens with zero attached hydrogens (tertiary/aromatic N) is 2. The van der Waals surface area contributed by atoms with Gasteiger partial charge in [0.15, 0.2) is 0 Å². The van der Waals surface area contributed by atoms with Crippen LogP contribution >= 0.6 is 0 Å². The maximum atomic E-state index is 9.93. The summed E-state index contributed by atoms with van der Waals surface area (Å²) in [5.74, 6) is 1.13. The van der Waals surface area contributed by atoms with E-state index in [-0.39, 0.29) is 6.10 Å². The molecule has 0 radical (unpaired) electrons. The van der Waals surface area contributed by atoms with Gasteiger partial charge in [0.05, 0.1) is 6.10 Å². The number of piperidine rings is 1. The number of aliphatic hydroxyl groups is 1. The summed E-state index contributed by atoms with van der Waals surface area (Å²) in [7, 11) is 0. The zero-order valence-corrected chi connectivity index (χ0v) is 13.2. The Balaban J connectivity index is 1.74. The fourth-order valence-electron chi connectivity index (χ4n) is 3.90. The van der Waals surface area contributed by atoms with Crippen LogP contribution in [-0.4, -0.2) is 34.8 Å². The lowest BCUT2D eigenvalue weighted by Gasteiger charge is -2.38. The number of hydrogen-bond donors (Lipinski definition) is 2. The molecule has 0 aromatic carbocycles. The van der Waals surface area contributed by atoms with Gasteiger partial charge in [0.2, 0.25) is 0 Å². The Bertz CT molecular complexity index is 477. The number of aryl methyl sites for hydroxylation is 1. The lowest BCUT2D eigenvalue weighted by molar-refractivity contribution is 0.126. The highest BCUT2D eigenvalue weighted by Crippen LogP contribution is 2.39. The van der Waals surface area contributed by atoms with E-state index in [0.29, 0.717) is 12.1 Å². The summed E-state index contributed by atoms with van der Waals surface area (Å²) in [5, 5.41) is 13.4. The van der Waals surface area contributed by atoms with Crippen molar-refractivity contribution in [2.45, 2.75) is 70.7 Å². The summed E-state index contributed by atoms with van der Waals surface area (Å²) in [6.45, 7) is 6.29. The number of pyridine rings is 1. The number of nitrogens with one attached hydrogen (secondary N) is 1. The van der Waals surface area contributed by atoms with E-state index in [2.05, 4.69) is 30.1 Å². The van der Waals surface area contributed by atoms with Gasteiger partial charge >= 0.3 is 0 Å². The van der Waals surface area contributed by atoms with E-state index < -0.39 is 0 Å². The van der Waals surface area contributed by atoms with Crippen LogP contribution in [-0.2, 0) is 6.54 Å². The third kappa shape index (κ3) is 3.06. The SMILES string of the molecule is CCCNCc1cnc(N2C3CCC2CC(O)C3)c(C)c1. The van der Waals surface area contributed by atoms with Crippen LogP contribution in [0.25, 0.3) is 0 Å². The normalized spacial score (nSPS) is 28.1. The molecule has 2 bridgehead atoms. The molecular weight excluding hydrogens is 262 g/mol. The van der Waals surface area contributed by atoms with Gasteiger partial charge in [-0.25, -0.2) is 4.98 Å². The first-order chi connectivity index (χ1) is 10.2. The highest BCUT2D eigenvalue weighted by molar-refractivity contribution is 5.51. The molecule has 0 saturated carbocycles. The Labute approximate surface area is 127 Å². The number of rotatable bonds is 5. The second-order valence-corrected chi connectivity index (χ2v) is 6.58. The molecule has 116 valence electrons. The van der Waals surface area contributed by atoms with E-state index in [9.17, 15) is 5.11 Å². The predicted octanol–water partition coefficient (Wildman–Crippen LogP) is 2.38. The van der Waals surface area contributed by atoms with Crippen LogP contribution in [0.2, 0.25) is 0 Å². The van der Waals surface area contributed by atoms with Crippen LogP contribution in [0, 0.1) is 6.92 Å². The molecule has 2 N–H and O–H groups in total. The zero-order valence-electron chi connectivity index (χ0n) is 13.2. The van der Waals surface area contributed by atoms with Crippen molar-refractivity contribution in [3.63, 3.8) is 0 Å². The first-order valence-electron chi connectivity index (χ1n) is 8.31. The molecule has 21 heavy (non-hydrogen) atoms. The lowest BCUT2D eigenvalue weighted by atomic mass is 9.99. The number of aromatic nitrogens is 1. The summed E-state index contributed by atoms with van der Waals surface area (Å²) in [5.41, 5.74) is 2.52. The minimum Gasteiger partial charge on any atom is -0.393 e. The summed E-state index contributed by atoms with van der Waals surface area (Å²) in [6, 6.07) is 3.22. The average Bonchev–Trinajstić information content (AvgIpc) is 2.71. The smallest absolute Gasteiger partial charge is 0.131 e. The van der Waals surface area contributed by atoms with Crippen molar-refractivity contribution in [3.05, 3.63) is 23.4 Å². The minimum absolute atomic E-state index is 0.114. The van der Waals surface area contributed by atoms with E-state index in [4.69, 9.17) is 4.98 Å². The van der Waals surface area contributed by atoms with Crippen LogP contribution in [0.15, 0.2) is 12.3 Å². The predicted molar refractivity (Wildman–Crippen MR) is 85.5 cm³/mol. The van der Waals surface area contributed by atoms with Gasteiger partial charge in [-0.1, -0.05) is 6.92 Å². The molecule has 1 aromatic heterocycles. The van der Waals surface area contributed by atoms with E-state index in [1.54, 1.807) is 0 Å². The fourth-order valence-corrected chi connectivity index (χ4v) is 3.90. The highest BCUT2D eigenvalue weighted by atomic mass is 16.3. The second kappa shape index (κ2) is 6.32. The van der Waals surface area contributed by atoms with Crippen molar-refractivity contribution in [3.8, 4) is 0 Å². The van der Waals surface area contributed by atoms with Crippen LogP contribution in [0.4, 0.5) is 5.82 Å². The summed E-state index contributed by atoms with van der Waals surface area (Å²) in [4.78, 5) is 7.23. The third-order valence-corrected chi connectivity index (χ3v) is 4.82. The van der Waals surface area contributed by atoms with Gasteiger partial charge in [0, 0.05) is 24.8 Å². The Hall–Kier alpha value is -1.13. The molecule has 1 aromatic rings. The lowest BCUT2D eigenvalue weighted by Crippen LogP contribution is -2.45. The number of fused-ring (bicyclic) bond motifs is 2. The van der Waals surface area contributed by atoms with Gasteiger partial charge in [0.25, 0.3) is 0 Å². The summed E-state index contributed by atoms with van der Waals surface area (Å²) >= 11 is 0. The minimum atomic E-state index is -0.114. The molecule has 3 heterocycles. The maximum Gasteiger partial charge on any atom is 0.131 e. The standard InChI is InChI=1S/C17H27N3O/c1-3-6-18-10-13-7-12(2)17(19-11-13)20-14-4-5-15(20)9-16(21)8-14/h7,11,14-16,18,21H,3-6,8-10H2,1-2H3. The zero-order chi connectivity index (χ0) is 14.8. The molecule has 2 aliphatic rings. The molecule has 2 fully saturated rings. The molecule has 4 heteroatoms. The van der Waals surface area contributed by atoms with Crippen molar-refractivity contribution >= 4 is 5.82 Å². The van der Waals surface area contributed by atoms with Crippen LogP contribution in [0.5, 0.6) is 0 Å². The van der Waals surface area contributed by atoms with Crippen molar-refractivity contribution in [2.24, 2.45) is 0 Å². The van der Waals surface area contributed by atoms with Gasteiger partial charge in [-0.05, 0) is 62.8 Å². The van der Waals surface area contributed by atoms with Crippen LogP contribution in [0.3, 0.4) is 0 Å². The molecule has 2 atom stereocenters. The van der Waals surface area contributed by atoms with Crippen molar-refractivity contribution < 1.29 is 5.11 Å². The Kier molecular flexibility index (Phi) is 4.45. The maximum absolute atomic E-state index is 9.93. The van der Waals surface area contributed by atoms with Crippen molar-refractivity contribution in [1.29, 1.82) is 0 Å². The number of hydrogen-bond acceptors (Lipinski definition) is 4. The van der Waals surface area contributed by atoms with Gasteiger partial charge in [-0.3, -0.25) is 0 Å². The Morgan fingerprint density at radius 2 is 2.05 bits per heavy atom. The van der Waals surface area contributed by atoms with Gasteiger partial charge in [0.1, 0.15) is 5.82 Å². The largest absolute Gasteiger partial charge is 0.393 e. The Morgan fingerprint density at radius 3 is 2.67 bits per heavy atom. The second-order valence-electron chi connectivity index (χ2n) is 6.58.